The number of nitrogens with one attached hydrogen (secondary N) is 1. The molecule has 34 heavy (non-hydrogen) atoms. The van der Waals surface area contributed by atoms with Gasteiger partial charge in [0.05, 0.1) is 26.5 Å². The number of nitrogens with zero attached hydrogens (tertiary/aromatic N) is 1. The number of amides is 2. The SMILES string of the molecule is CN(C(=O)c1cc(NC(=O)C2C(c3cc(Cl)c(Cl)c(Cl)c3)C2(Cl)Cl)ccc1F)c1ccccc1. The summed E-state index contributed by atoms with van der Waals surface area (Å²) in [5.41, 5.74) is 1.18. The minimum absolute atomic E-state index is 0.187. The lowest BCUT2D eigenvalue weighted by molar-refractivity contribution is -0.117. The van der Waals surface area contributed by atoms with E-state index in [1.54, 1.807) is 36.4 Å². The highest BCUT2D eigenvalue weighted by molar-refractivity contribution is 6.54. The van der Waals surface area contributed by atoms with Crippen LogP contribution in [0.3, 0.4) is 0 Å². The van der Waals surface area contributed by atoms with Gasteiger partial charge in [0.15, 0.2) is 0 Å². The normalized spacial score (nSPS) is 18.3. The van der Waals surface area contributed by atoms with Crippen LogP contribution in [0.5, 0.6) is 0 Å². The second kappa shape index (κ2) is 9.56. The standard InChI is InChI=1S/C24H16Cl5FN2O2/c1-32(14-5-3-2-4-6-14)23(34)15-11-13(7-8-18(15)30)31-22(33)20-19(24(20,28)29)12-9-16(25)21(27)17(26)10-12/h2-11,19-20H,1H3,(H,31,33). The van der Waals surface area contributed by atoms with E-state index in [1.807, 2.05) is 6.07 Å². The van der Waals surface area contributed by atoms with Gasteiger partial charge >= 0.3 is 0 Å². The number of para-hydroxylation sites is 1. The van der Waals surface area contributed by atoms with Gasteiger partial charge in [-0.15, -0.1) is 23.2 Å². The Bertz CT molecular complexity index is 1260. The highest BCUT2D eigenvalue weighted by Gasteiger charge is 2.67. The topological polar surface area (TPSA) is 49.4 Å². The van der Waals surface area contributed by atoms with Gasteiger partial charge in [-0.2, -0.15) is 0 Å². The van der Waals surface area contributed by atoms with Crippen LogP contribution in [-0.4, -0.2) is 23.2 Å². The molecule has 1 N–H and O–H groups in total. The molecular weight excluding hydrogens is 545 g/mol. The lowest BCUT2D eigenvalue weighted by Gasteiger charge is -2.18. The lowest BCUT2D eigenvalue weighted by atomic mass is 10.1. The predicted molar refractivity (Wildman–Crippen MR) is 136 cm³/mol. The van der Waals surface area contributed by atoms with Crippen molar-refractivity contribution in [2.24, 2.45) is 5.92 Å². The number of carbonyl (C=O) groups is 2. The Morgan fingerprint density at radius 1 is 0.971 bits per heavy atom. The molecule has 0 aromatic heterocycles. The molecule has 176 valence electrons. The van der Waals surface area contributed by atoms with E-state index in [4.69, 9.17) is 58.0 Å². The summed E-state index contributed by atoms with van der Waals surface area (Å²) in [5.74, 6) is -3.21. The van der Waals surface area contributed by atoms with Crippen molar-refractivity contribution in [2.75, 3.05) is 17.3 Å². The number of carbonyl (C=O) groups excluding carboxylic acids is 2. The molecule has 1 aliphatic rings. The summed E-state index contributed by atoms with van der Waals surface area (Å²) < 4.78 is 13.1. The van der Waals surface area contributed by atoms with Crippen LogP contribution in [0.15, 0.2) is 60.7 Å². The first-order valence-electron chi connectivity index (χ1n) is 9.98. The van der Waals surface area contributed by atoms with E-state index in [9.17, 15) is 14.0 Å². The largest absolute Gasteiger partial charge is 0.326 e. The van der Waals surface area contributed by atoms with Crippen LogP contribution >= 0.6 is 58.0 Å². The molecule has 4 rings (SSSR count). The van der Waals surface area contributed by atoms with Crippen LogP contribution in [0, 0.1) is 11.7 Å². The fourth-order valence-corrected chi connectivity index (χ4v) is 5.20. The molecule has 1 aliphatic carbocycles. The maximum absolute atomic E-state index is 14.5. The van der Waals surface area contributed by atoms with Crippen molar-refractivity contribution in [3.05, 3.63) is 92.7 Å². The van der Waals surface area contributed by atoms with Gasteiger partial charge in [0.25, 0.3) is 5.91 Å². The van der Waals surface area contributed by atoms with Crippen LogP contribution in [0.4, 0.5) is 15.8 Å². The fraction of sp³-hybridized carbons (Fsp3) is 0.167. The molecule has 0 radical (unpaired) electrons. The number of rotatable bonds is 5. The Morgan fingerprint density at radius 2 is 1.59 bits per heavy atom. The van der Waals surface area contributed by atoms with Gasteiger partial charge < -0.3 is 10.2 Å². The molecule has 0 heterocycles. The quantitative estimate of drug-likeness (QED) is 0.258. The minimum Gasteiger partial charge on any atom is -0.326 e. The van der Waals surface area contributed by atoms with Crippen LogP contribution < -0.4 is 10.2 Å². The molecule has 3 aromatic rings. The van der Waals surface area contributed by atoms with Crippen molar-refractivity contribution < 1.29 is 14.0 Å². The molecule has 2 unspecified atom stereocenters. The van der Waals surface area contributed by atoms with E-state index in [0.29, 0.717) is 11.3 Å². The van der Waals surface area contributed by atoms with Gasteiger partial charge in [0, 0.05) is 24.3 Å². The maximum atomic E-state index is 14.5. The van der Waals surface area contributed by atoms with Gasteiger partial charge in [-0.25, -0.2) is 4.39 Å². The Balaban J connectivity index is 1.54. The van der Waals surface area contributed by atoms with Crippen molar-refractivity contribution in [2.45, 2.75) is 10.3 Å². The van der Waals surface area contributed by atoms with E-state index in [1.165, 1.54) is 24.1 Å². The summed E-state index contributed by atoms with van der Waals surface area (Å²) in [6.45, 7) is 0. The highest BCUT2D eigenvalue weighted by atomic mass is 35.5. The molecule has 2 atom stereocenters. The number of alkyl halides is 2. The number of hydrogen-bond acceptors (Lipinski definition) is 2. The van der Waals surface area contributed by atoms with Gasteiger partial charge in [0.1, 0.15) is 10.2 Å². The second-order valence-corrected chi connectivity index (χ2v) is 10.4. The van der Waals surface area contributed by atoms with E-state index in [-0.39, 0.29) is 26.3 Å². The Morgan fingerprint density at radius 3 is 2.21 bits per heavy atom. The van der Waals surface area contributed by atoms with Gasteiger partial charge in [-0.3, -0.25) is 9.59 Å². The Hall–Kier alpha value is -2.02. The molecule has 1 fully saturated rings. The molecular formula is C24H16Cl5FN2O2. The first-order chi connectivity index (χ1) is 16.0. The van der Waals surface area contributed by atoms with Gasteiger partial charge in [-0.1, -0.05) is 53.0 Å². The fourth-order valence-electron chi connectivity index (χ4n) is 3.76. The van der Waals surface area contributed by atoms with E-state index in [2.05, 4.69) is 5.32 Å². The van der Waals surface area contributed by atoms with Crippen LogP contribution in [0.2, 0.25) is 15.1 Å². The van der Waals surface area contributed by atoms with Crippen molar-refractivity contribution in [3.8, 4) is 0 Å². The number of hydrogen-bond donors (Lipinski definition) is 1. The third kappa shape index (κ3) is 4.73. The summed E-state index contributed by atoms with van der Waals surface area (Å²) in [6, 6.07) is 15.6. The zero-order valence-electron chi connectivity index (χ0n) is 17.5. The van der Waals surface area contributed by atoms with Crippen molar-refractivity contribution in [3.63, 3.8) is 0 Å². The van der Waals surface area contributed by atoms with E-state index in [0.717, 1.165) is 6.07 Å². The molecule has 4 nitrogen and oxygen atoms in total. The maximum Gasteiger partial charge on any atom is 0.261 e. The monoisotopic (exact) mass is 558 g/mol. The van der Waals surface area contributed by atoms with Gasteiger partial charge in [0.2, 0.25) is 5.91 Å². The Labute approximate surface area is 220 Å². The smallest absolute Gasteiger partial charge is 0.261 e. The molecule has 1 saturated carbocycles. The zero-order valence-corrected chi connectivity index (χ0v) is 21.2. The molecule has 0 bridgehead atoms. The van der Waals surface area contributed by atoms with Crippen LogP contribution in [0.25, 0.3) is 0 Å². The average Bonchev–Trinajstić information content (AvgIpc) is 3.40. The zero-order chi connectivity index (χ0) is 24.8. The van der Waals surface area contributed by atoms with E-state index >= 15 is 0 Å². The second-order valence-electron chi connectivity index (χ2n) is 7.81. The summed E-state index contributed by atoms with van der Waals surface area (Å²) in [4.78, 5) is 27.2. The first-order valence-corrected chi connectivity index (χ1v) is 11.9. The third-order valence-electron chi connectivity index (χ3n) is 5.61. The molecule has 2 amide bonds. The number of benzene rings is 3. The molecule has 3 aromatic carbocycles. The lowest BCUT2D eigenvalue weighted by Crippen LogP contribution is -2.27. The van der Waals surface area contributed by atoms with Gasteiger partial charge in [-0.05, 0) is 48.0 Å². The first kappa shape index (κ1) is 25.1. The molecule has 10 heteroatoms. The molecule has 0 aliphatic heterocycles. The molecule has 0 spiro atoms. The van der Waals surface area contributed by atoms with E-state index < -0.39 is 33.8 Å². The van der Waals surface area contributed by atoms with Crippen molar-refractivity contribution in [1.29, 1.82) is 0 Å². The van der Waals surface area contributed by atoms with Crippen molar-refractivity contribution in [1.82, 2.24) is 0 Å². The number of halogens is 6. The minimum atomic E-state index is -1.41. The Kier molecular flexibility index (Phi) is 7.05. The summed E-state index contributed by atoms with van der Waals surface area (Å²) in [5, 5.41) is 3.27. The van der Waals surface area contributed by atoms with Crippen molar-refractivity contribution >= 4 is 81.2 Å². The molecule has 0 saturated heterocycles. The average molecular weight is 561 g/mol. The third-order valence-corrected chi connectivity index (χ3v) is 7.75. The number of anilines is 2. The van der Waals surface area contributed by atoms with Crippen LogP contribution in [0.1, 0.15) is 21.8 Å². The summed E-state index contributed by atoms with van der Waals surface area (Å²) >= 11 is 31.0. The summed E-state index contributed by atoms with van der Waals surface area (Å²) in [6.07, 6.45) is 0. The van der Waals surface area contributed by atoms with Crippen LogP contribution in [-0.2, 0) is 4.79 Å². The highest BCUT2D eigenvalue weighted by Crippen LogP contribution is 2.65. The summed E-state index contributed by atoms with van der Waals surface area (Å²) in [7, 11) is 1.54. The predicted octanol–water partition coefficient (Wildman–Crippen LogP) is 7.59.